The van der Waals surface area contributed by atoms with Crippen LogP contribution < -0.4 is 10.6 Å². The van der Waals surface area contributed by atoms with Crippen molar-refractivity contribution in [3.63, 3.8) is 0 Å². The Labute approximate surface area is 148 Å². The molecule has 4 rings (SSSR count). The molecule has 5 heteroatoms. The highest BCUT2D eigenvalue weighted by molar-refractivity contribution is 6.31. The summed E-state index contributed by atoms with van der Waals surface area (Å²) in [7, 11) is 0. The van der Waals surface area contributed by atoms with Crippen LogP contribution in [-0.4, -0.2) is 30.2 Å². The number of hydrogen-bond acceptors (Lipinski definition) is 3. The first kappa shape index (κ1) is 16.1. The molecule has 0 bridgehead atoms. The van der Waals surface area contributed by atoms with Crippen LogP contribution in [0, 0.1) is 5.92 Å². The van der Waals surface area contributed by atoms with Crippen LogP contribution in [0.1, 0.15) is 50.5 Å². The van der Waals surface area contributed by atoms with E-state index in [1.165, 1.54) is 19.3 Å². The van der Waals surface area contributed by atoms with Gasteiger partial charge in [-0.25, -0.2) is 0 Å². The second-order valence-corrected chi connectivity index (χ2v) is 7.69. The predicted octanol–water partition coefficient (Wildman–Crippen LogP) is 3.78. The van der Waals surface area contributed by atoms with E-state index in [9.17, 15) is 4.79 Å². The number of nitrogens with zero attached hydrogens (tertiary/aromatic N) is 1. The smallest absolute Gasteiger partial charge is 0.252 e. The monoisotopic (exact) mass is 345 g/mol. The van der Waals surface area contributed by atoms with Crippen LogP contribution in [0.3, 0.4) is 0 Å². The van der Waals surface area contributed by atoms with Gasteiger partial charge in [-0.1, -0.05) is 30.9 Å². The fourth-order valence-corrected chi connectivity index (χ4v) is 4.46. The molecule has 2 N–H and O–H groups in total. The number of carbonyl (C=O) groups excluding carboxylic acids is 1. The fraction of sp³-hybridized carbons (Fsp3) is 0.579. The van der Waals surface area contributed by atoms with Crippen molar-refractivity contribution in [1.82, 2.24) is 5.32 Å². The molecule has 128 valence electrons. The van der Waals surface area contributed by atoms with E-state index in [1.807, 2.05) is 18.2 Å². The molecule has 1 aromatic rings. The zero-order valence-electron chi connectivity index (χ0n) is 13.9. The number of rotatable bonds is 1. The summed E-state index contributed by atoms with van der Waals surface area (Å²) in [5.74, 6) is 0.480. The van der Waals surface area contributed by atoms with Crippen LogP contribution in [0.15, 0.2) is 23.2 Å². The third-order valence-corrected chi connectivity index (χ3v) is 5.92. The molecule has 0 radical (unpaired) electrons. The Balaban J connectivity index is 1.84. The Hall–Kier alpha value is -1.39. The average Bonchev–Trinajstić information content (AvgIpc) is 2.73. The lowest BCUT2D eigenvalue weighted by atomic mass is 9.82. The molecule has 2 heterocycles. The molecule has 1 aromatic carbocycles. The lowest BCUT2D eigenvalue weighted by molar-refractivity contribution is -0.121. The van der Waals surface area contributed by atoms with Crippen molar-refractivity contribution < 1.29 is 4.79 Å². The van der Waals surface area contributed by atoms with Gasteiger partial charge in [0.25, 0.3) is 5.91 Å². The van der Waals surface area contributed by atoms with Gasteiger partial charge in [0.05, 0.1) is 0 Å². The summed E-state index contributed by atoms with van der Waals surface area (Å²) in [6, 6.07) is 5.75. The molecular formula is C19H24ClN3O. The van der Waals surface area contributed by atoms with Crippen LogP contribution >= 0.6 is 11.6 Å². The highest BCUT2D eigenvalue weighted by atomic mass is 35.5. The van der Waals surface area contributed by atoms with Gasteiger partial charge in [-0.05, 0) is 57.0 Å². The zero-order chi connectivity index (χ0) is 16.6. The largest absolute Gasteiger partial charge is 0.323 e. The lowest BCUT2D eigenvalue weighted by Gasteiger charge is -2.33. The van der Waals surface area contributed by atoms with Crippen LogP contribution in [0.4, 0.5) is 5.69 Å². The highest BCUT2D eigenvalue weighted by Gasteiger charge is 2.42. The third-order valence-electron chi connectivity index (χ3n) is 5.69. The molecule has 0 unspecified atom stereocenters. The number of halogens is 1. The highest BCUT2D eigenvalue weighted by Crippen LogP contribution is 2.37. The minimum atomic E-state index is -0.622. The van der Waals surface area contributed by atoms with E-state index in [1.54, 1.807) is 0 Å². The van der Waals surface area contributed by atoms with Crippen LogP contribution in [0.2, 0.25) is 5.02 Å². The van der Waals surface area contributed by atoms with Crippen molar-refractivity contribution in [2.75, 3.05) is 18.4 Å². The number of carbonyl (C=O) groups is 1. The average molecular weight is 346 g/mol. The Kier molecular flexibility index (Phi) is 4.35. The van der Waals surface area contributed by atoms with Gasteiger partial charge in [-0.3, -0.25) is 9.79 Å². The van der Waals surface area contributed by atoms with Crippen LogP contribution in [0.25, 0.3) is 0 Å². The first-order chi connectivity index (χ1) is 11.7. The van der Waals surface area contributed by atoms with E-state index in [-0.39, 0.29) is 5.91 Å². The number of aliphatic imine (C=N–C) groups is 1. The number of benzene rings is 1. The Morgan fingerprint density at radius 2 is 1.88 bits per heavy atom. The molecule has 1 aliphatic carbocycles. The Morgan fingerprint density at radius 3 is 2.62 bits per heavy atom. The Bertz CT molecular complexity index is 673. The van der Waals surface area contributed by atoms with E-state index in [0.717, 1.165) is 55.7 Å². The van der Waals surface area contributed by atoms with Crippen molar-refractivity contribution in [2.24, 2.45) is 10.9 Å². The van der Waals surface area contributed by atoms with E-state index in [4.69, 9.17) is 16.6 Å². The molecule has 3 aliphatic rings. The van der Waals surface area contributed by atoms with E-state index < -0.39 is 5.54 Å². The van der Waals surface area contributed by atoms with E-state index >= 15 is 0 Å². The maximum absolute atomic E-state index is 13.0. The molecule has 1 saturated carbocycles. The molecule has 1 spiro atoms. The second-order valence-electron chi connectivity index (χ2n) is 7.26. The van der Waals surface area contributed by atoms with Crippen LogP contribution in [-0.2, 0) is 4.79 Å². The maximum Gasteiger partial charge on any atom is 0.252 e. The van der Waals surface area contributed by atoms with Crippen LogP contribution in [0.5, 0.6) is 0 Å². The molecule has 2 aliphatic heterocycles. The molecule has 0 atom stereocenters. The summed E-state index contributed by atoms with van der Waals surface area (Å²) >= 11 is 6.27. The summed E-state index contributed by atoms with van der Waals surface area (Å²) in [5.41, 5.74) is 2.37. The topological polar surface area (TPSA) is 53.5 Å². The first-order valence-corrected chi connectivity index (χ1v) is 9.48. The standard InChI is InChI=1S/C19H24ClN3O/c20-14-6-7-16-15(12-14)17(13-4-2-1-3-5-13)23-19(18(24)22-16)8-10-21-11-9-19/h6-7,12-13,21H,1-5,8-11H2,(H,22,24). The number of fused-ring (bicyclic) bond motifs is 1. The maximum atomic E-state index is 13.0. The summed E-state index contributed by atoms with van der Waals surface area (Å²) in [4.78, 5) is 18.1. The zero-order valence-corrected chi connectivity index (χ0v) is 14.7. The van der Waals surface area contributed by atoms with E-state index in [0.29, 0.717) is 10.9 Å². The molecule has 1 amide bonds. The number of nitrogens with one attached hydrogen (secondary N) is 2. The molecule has 4 nitrogen and oxygen atoms in total. The molecule has 1 saturated heterocycles. The van der Waals surface area contributed by atoms with Gasteiger partial charge in [0.2, 0.25) is 0 Å². The summed E-state index contributed by atoms with van der Waals surface area (Å²) < 4.78 is 0. The van der Waals surface area contributed by atoms with Gasteiger partial charge >= 0.3 is 0 Å². The lowest BCUT2D eigenvalue weighted by Crippen LogP contribution is -2.49. The minimum absolute atomic E-state index is 0.0402. The summed E-state index contributed by atoms with van der Waals surface area (Å²) in [6.07, 6.45) is 7.64. The van der Waals surface area contributed by atoms with Gasteiger partial charge in [-0.15, -0.1) is 0 Å². The quantitative estimate of drug-likeness (QED) is 0.813. The van der Waals surface area contributed by atoms with Gasteiger partial charge in [-0.2, -0.15) is 0 Å². The van der Waals surface area contributed by atoms with Crippen molar-refractivity contribution >= 4 is 28.9 Å². The number of anilines is 1. The molecule has 0 aromatic heterocycles. The van der Waals surface area contributed by atoms with Crippen molar-refractivity contribution in [1.29, 1.82) is 0 Å². The summed E-state index contributed by atoms with van der Waals surface area (Å²) in [5, 5.41) is 7.19. The number of piperidine rings is 1. The molecular weight excluding hydrogens is 322 g/mol. The third kappa shape index (κ3) is 2.86. The first-order valence-electron chi connectivity index (χ1n) is 9.10. The SMILES string of the molecule is O=C1Nc2ccc(Cl)cc2C(C2CCCCC2)=NC12CCNCC2. The fourth-order valence-electron chi connectivity index (χ4n) is 4.28. The number of amides is 1. The van der Waals surface area contributed by atoms with Crippen molar-refractivity contribution in [2.45, 2.75) is 50.5 Å². The van der Waals surface area contributed by atoms with E-state index in [2.05, 4.69) is 10.6 Å². The number of hydrogen-bond donors (Lipinski definition) is 2. The second kappa shape index (κ2) is 6.49. The Morgan fingerprint density at radius 1 is 1.12 bits per heavy atom. The molecule has 2 fully saturated rings. The van der Waals surface area contributed by atoms with Gasteiger partial charge < -0.3 is 10.6 Å². The van der Waals surface area contributed by atoms with Crippen molar-refractivity contribution in [3.8, 4) is 0 Å². The van der Waals surface area contributed by atoms with Gasteiger partial charge in [0, 0.05) is 27.9 Å². The minimum Gasteiger partial charge on any atom is -0.323 e. The van der Waals surface area contributed by atoms with Gasteiger partial charge in [0.15, 0.2) is 0 Å². The normalized spacial score (nSPS) is 24.0. The predicted molar refractivity (Wildman–Crippen MR) is 98.0 cm³/mol. The molecule has 24 heavy (non-hydrogen) atoms. The van der Waals surface area contributed by atoms with Crippen molar-refractivity contribution in [3.05, 3.63) is 28.8 Å². The van der Waals surface area contributed by atoms with Gasteiger partial charge in [0.1, 0.15) is 5.54 Å². The summed E-state index contributed by atoms with van der Waals surface area (Å²) in [6.45, 7) is 1.68.